The van der Waals surface area contributed by atoms with Gasteiger partial charge in [-0.25, -0.2) is 0 Å². The zero-order valence-electron chi connectivity index (χ0n) is 6.91. The molecule has 13 heavy (non-hydrogen) atoms. The molecule has 0 aliphatic rings. The van der Waals surface area contributed by atoms with Gasteiger partial charge in [0.1, 0.15) is 0 Å². The van der Waals surface area contributed by atoms with E-state index in [0.29, 0.717) is 6.54 Å². The lowest BCUT2D eigenvalue weighted by atomic mass is 10.2. The second-order valence-corrected chi connectivity index (χ2v) is 2.52. The van der Waals surface area contributed by atoms with Crippen LogP contribution in [0, 0.1) is 0 Å². The quantitative estimate of drug-likeness (QED) is 0.774. The molecule has 0 amide bonds. The van der Waals surface area contributed by atoms with Crippen LogP contribution in [-0.4, -0.2) is 21.1 Å². The summed E-state index contributed by atoms with van der Waals surface area (Å²) in [7, 11) is 0. The number of aryl methyl sites for hydroxylation is 1. The predicted octanol–water partition coefficient (Wildman–Crippen LogP) is 1.50. The number of hydrogen-bond acceptors (Lipinski definition) is 2. The second-order valence-electron chi connectivity index (χ2n) is 2.52. The van der Waals surface area contributed by atoms with E-state index in [1.54, 1.807) is 6.92 Å². The summed E-state index contributed by atoms with van der Waals surface area (Å²) >= 11 is 0. The van der Waals surface area contributed by atoms with Crippen molar-refractivity contribution in [2.24, 2.45) is 0 Å². The molecule has 0 radical (unpaired) electrons. The maximum atomic E-state index is 12.0. The van der Waals surface area contributed by atoms with Gasteiger partial charge < -0.3 is 5.11 Å². The summed E-state index contributed by atoms with van der Waals surface area (Å²) < 4.78 is 37.2. The van der Waals surface area contributed by atoms with Crippen LogP contribution in [0.1, 0.15) is 18.7 Å². The zero-order valence-corrected chi connectivity index (χ0v) is 6.91. The van der Waals surface area contributed by atoms with Gasteiger partial charge in [-0.1, -0.05) is 0 Å². The Morgan fingerprint density at radius 2 is 2.23 bits per heavy atom. The van der Waals surface area contributed by atoms with Crippen molar-refractivity contribution < 1.29 is 18.3 Å². The standard InChI is InChI=1S/C7H9F3N2O/c1-2-12-5(3-4-11-12)6(13)7(8,9)10/h3-4,6,13H,2H2,1H3/t6-/m1/s1. The van der Waals surface area contributed by atoms with Gasteiger partial charge in [-0.2, -0.15) is 18.3 Å². The van der Waals surface area contributed by atoms with Crippen molar-refractivity contribution in [1.29, 1.82) is 0 Å². The van der Waals surface area contributed by atoms with Crippen molar-refractivity contribution in [1.82, 2.24) is 9.78 Å². The fourth-order valence-corrected chi connectivity index (χ4v) is 1.01. The minimum Gasteiger partial charge on any atom is -0.378 e. The molecular formula is C7H9F3N2O. The van der Waals surface area contributed by atoms with Gasteiger partial charge in [-0.05, 0) is 13.0 Å². The molecule has 0 aliphatic heterocycles. The molecule has 6 heteroatoms. The molecule has 1 N–H and O–H groups in total. The summed E-state index contributed by atoms with van der Waals surface area (Å²) in [6, 6.07) is 1.15. The van der Waals surface area contributed by atoms with Gasteiger partial charge in [-0.3, -0.25) is 4.68 Å². The van der Waals surface area contributed by atoms with Crippen LogP contribution in [-0.2, 0) is 6.54 Å². The third kappa shape index (κ3) is 2.00. The third-order valence-corrected chi connectivity index (χ3v) is 1.64. The fraction of sp³-hybridized carbons (Fsp3) is 0.571. The lowest BCUT2D eigenvalue weighted by Crippen LogP contribution is -2.23. The Morgan fingerprint density at radius 1 is 1.62 bits per heavy atom. The summed E-state index contributed by atoms with van der Waals surface area (Å²) in [6.45, 7) is 1.95. The van der Waals surface area contributed by atoms with Crippen LogP contribution in [0.3, 0.4) is 0 Å². The maximum Gasteiger partial charge on any atom is 0.420 e. The van der Waals surface area contributed by atoms with Crippen molar-refractivity contribution in [2.45, 2.75) is 25.7 Å². The van der Waals surface area contributed by atoms with Crippen molar-refractivity contribution in [3.05, 3.63) is 18.0 Å². The molecule has 0 unspecified atom stereocenters. The molecule has 1 aromatic rings. The second kappa shape index (κ2) is 3.37. The number of halogens is 3. The molecule has 0 bridgehead atoms. The molecule has 0 aromatic carbocycles. The molecule has 1 heterocycles. The molecule has 1 aromatic heterocycles. The van der Waals surface area contributed by atoms with Gasteiger partial charge in [-0.15, -0.1) is 0 Å². The van der Waals surface area contributed by atoms with Gasteiger partial charge in [0.15, 0.2) is 6.10 Å². The summed E-state index contributed by atoms with van der Waals surface area (Å²) in [6.07, 6.45) is -5.85. The molecule has 1 rings (SSSR count). The average Bonchev–Trinajstić information content (AvgIpc) is 2.48. The molecular weight excluding hydrogens is 185 g/mol. The Morgan fingerprint density at radius 3 is 2.69 bits per heavy atom. The van der Waals surface area contributed by atoms with E-state index >= 15 is 0 Å². The highest BCUT2D eigenvalue weighted by Crippen LogP contribution is 2.31. The Bertz CT molecular complexity index is 282. The van der Waals surface area contributed by atoms with E-state index in [-0.39, 0.29) is 5.69 Å². The highest BCUT2D eigenvalue weighted by Gasteiger charge is 2.41. The number of aromatic nitrogens is 2. The van der Waals surface area contributed by atoms with Crippen LogP contribution >= 0.6 is 0 Å². The number of aliphatic hydroxyl groups is 1. The minimum atomic E-state index is -4.63. The summed E-state index contributed by atoms with van der Waals surface area (Å²) in [5, 5.41) is 12.5. The van der Waals surface area contributed by atoms with Crippen LogP contribution in [0.5, 0.6) is 0 Å². The van der Waals surface area contributed by atoms with Crippen molar-refractivity contribution in [3.8, 4) is 0 Å². The smallest absolute Gasteiger partial charge is 0.378 e. The van der Waals surface area contributed by atoms with Crippen LogP contribution in [0.4, 0.5) is 13.2 Å². The molecule has 0 saturated heterocycles. The SMILES string of the molecule is CCn1nccc1[C@@H](O)C(F)(F)F. The van der Waals surface area contributed by atoms with Gasteiger partial charge in [0.25, 0.3) is 0 Å². The lowest BCUT2D eigenvalue weighted by molar-refractivity contribution is -0.208. The molecule has 0 saturated carbocycles. The van der Waals surface area contributed by atoms with Gasteiger partial charge >= 0.3 is 6.18 Å². The lowest BCUT2D eigenvalue weighted by Gasteiger charge is -2.15. The van der Waals surface area contributed by atoms with Gasteiger partial charge in [0, 0.05) is 12.7 Å². The highest BCUT2D eigenvalue weighted by molar-refractivity contribution is 5.06. The van der Waals surface area contributed by atoms with Crippen LogP contribution in [0.15, 0.2) is 12.3 Å². The van der Waals surface area contributed by atoms with E-state index in [9.17, 15) is 13.2 Å². The van der Waals surface area contributed by atoms with Crippen LogP contribution in [0.2, 0.25) is 0 Å². The fourth-order valence-electron chi connectivity index (χ4n) is 1.01. The normalized spacial score (nSPS) is 14.5. The van der Waals surface area contributed by atoms with E-state index in [0.717, 1.165) is 10.7 Å². The van der Waals surface area contributed by atoms with Crippen LogP contribution < -0.4 is 0 Å². The molecule has 0 spiro atoms. The van der Waals surface area contributed by atoms with Crippen molar-refractivity contribution in [3.63, 3.8) is 0 Å². The van der Waals surface area contributed by atoms with Crippen molar-refractivity contribution in [2.75, 3.05) is 0 Å². The first-order chi connectivity index (χ1) is 5.96. The summed E-state index contributed by atoms with van der Waals surface area (Å²) in [4.78, 5) is 0. The van der Waals surface area contributed by atoms with E-state index in [4.69, 9.17) is 5.11 Å². The number of nitrogens with zero attached hydrogens (tertiary/aromatic N) is 2. The Kier molecular flexibility index (Phi) is 2.60. The molecule has 0 fully saturated rings. The number of rotatable bonds is 2. The maximum absolute atomic E-state index is 12.0. The molecule has 1 atom stereocenters. The zero-order chi connectivity index (χ0) is 10.1. The topological polar surface area (TPSA) is 38.0 Å². The molecule has 74 valence electrons. The van der Waals surface area contributed by atoms with E-state index in [2.05, 4.69) is 5.10 Å². The molecule has 0 aliphatic carbocycles. The highest BCUT2D eigenvalue weighted by atomic mass is 19.4. The third-order valence-electron chi connectivity index (χ3n) is 1.64. The Balaban J connectivity index is 2.94. The van der Waals surface area contributed by atoms with E-state index in [1.165, 1.54) is 6.20 Å². The number of hydrogen-bond donors (Lipinski definition) is 1. The van der Waals surface area contributed by atoms with Gasteiger partial charge in [0.05, 0.1) is 5.69 Å². The van der Waals surface area contributed by atoms with E-state index in [1.807, 2.05) is 0 Å². The monoisotopic (exact) mass is 194 g/mol. The first kappa shape index (κ1) is 10.0. The van der Waals surface area contributed by atoms with Gasteiger partial charge in [0.2, 0.25) is 0 Å². The molecule has 3 nitrogen and oxygen atoms in total. The largest absolute Gasteiger partial charge is 0.420 e. The average molecular weight is 194 g/mol. The Hall–Kier alpha value is -1.04. The first-order valence-electron chi connectivity index (χ1n) is 3.73. The Labute approximate surface area is 72.8 Å². The minimum absolute atomic E-state index is 0.227. The summed E-state index contributed by atoms with van der Waals surface area (Å²) in [5.74, 6) is 0. The number of alkyl halides is 3. The van der Waals surface area contributed by atoms with Crippen molar-refractivity contribution >= 4 is 0 Å². The predicted molar refractivity (Wildman–Crippen MR) is 38.9 cm³/mol. The van der Waals surface area contributed by atoms with Crippen LogP contribution in [0.25, 0.3) is 0 Å². The first-order valence-corrected chi connectivity index (χ1v) is 3.73. The number of aliphatic hydroxyl groups excluding tert-OH is 1. The summed E-state index contributed by atoms with van der Waals surface area (Å²) in [5.41, 5.74) is -0.227. The van der Waals surface area contributed by atoms with E-state index < -0.39 is 12.3 Å².